The summed E-state index contributed by atoms with van der Waals surface area (Å²) in [6, 6.07) is 10.3. The first-order valence-corrected chi connectivity index (χ1v) is 10.3. The molecule has 1 fully saturated rings. The van der Waals surface area contributed by atoms with Gasteiger partial charge in [0.2, 0.25) is 5.95 Å². The monoisotopic (exact) mass is 397 g/mol. The minimum absolute atomic E-state index is 0.287. The minimum atomic E-state index is 0.287. The topological polar surface area (TPSA) is 73.6 Å². The molecule has 6 heteroatoms. The molecule has 1 saturated carbocycles. The molecule has 28 heavy (non-hydrogen) atoms. The Balaban J connectivity index is 1.63. The Bertz CT molecular complexity index is 841. The molecule has 1 aliphatic rings. The Morgan fingerprint density at radius 2 is 2.00 bits per heavy atom. The van der Waals surface area contributed by atoms with E-state index in [1.54, 1.807) is 6.20 Å². The van der Waals surface area contributed by atoms with Crippen molar-refractivity contribution in [3.63, 3.8) is 0 Å². The van der Waals surface area contributed by atoms with Crippen molar-refractivity contribution in [3.05, 3.63) is 46.6 Å². The highest BCUT2D eigenvalue weighted by Gasteiger charge is 2.34. The third kappa shape index (κ3) is 5.14. The van der Waals surface area contributed by atoms with Crippen LogP contribution in [0.3, 0.4) is 0 Å². The van der Waals surface area contributed by atoms with Gasteiger partial charge in [-0.1, -0.05) is 44.5 Å². The van der Waals surface area contributed by atoms with Gasteiger partial charge < -0.3 is 10.6 Å². The average molecular weight is 398 g/mol. The molecule has 0 bridgehead atoms. The van der Waals surface area contributed by atoms with Crippen molar-refractivity contribution in [1.82, 2.24) is 9.97 Å². The highest BCUT2D eigenvalue weighted by atomic mass is 35.5. The smallest absolute Gasteiger partial charge is 0.224 e. The second kappa shape index (κ2) is 8.79. The summed E-state index contributed by atoms with van der Waals surface area (Å²) in [4.78, 5) is 8.86. The number of nitrogens with one attached hydrogen (secondary N) is 2. The van der Waals surface area contributed by atoms with Crippen LogP contribution in [-0.2, 0) is 6.42 Å². The maximum atomic E-state index is 9.43. The predicted molar refractivity (Wildman–Crippen MR) is 115 cm³/mol. The molecule has 2 N–H and O–H groups in total. The van der Waals surface area contributed by atoms with E-state index >= 15 is 0 Å². The summed E-state index contributed by atoms with van der Waals surface area (Å²) < 4.78 is 0. The molecule has 0 saturated heterocycles. The third-order valence-electron chi connectivity index (χ3n) is 5.91. The number of halogens is 1. The van der Waals surface area contributed by atoms with Gasteiger partial charge in [0.05, 0.1) is 6.20 Å². The Morgan fingerprint density at radius 3 is 2.68 bits per heavy atom. The van der Waals surface area contributed by atoms with Gasteiger partial charge >= 0.3 is 0 Å². The van der Waals surface area contributed by atoms with Crippen LogP contribution in [0, 0.1) is 22.7 Å². The molecule has 148 valence electrons. The molecule has 1 heterocycles. The summed E-state index contributed by atoms with van der Waals surface area (Å²) in [5.41, 5.74) is 1.97. The van der Waals surface area contributed by atoms with Crippen molar-refractivity contribution in [2.75, 3.05) is 17.2 Å². The maximum absolute atomic E-state index is 9.43. The van der Waals surface area contributed by atoms with E-state index in [-0.39, 0.29) is 5.41 Å². The van der Waals surface area contributed by atoms with Gasteiger partial charge in [-0.05, 0) is 54.7 Å². The first kappa shape index (κ1) is 20.4. The average Bonchev–Trinajstić information content (AvgIpc) is 2.66. The van der Waals surface area contributed by atoms with E-state index in [0.29, 0.717) is 35.8 Å². The fourth-order valence-corrected chi connectivity index (χ4v) is 3.85. The number of benzene rings is 1. The van der Waals surface area contributed by atoms with Crippen LogP contribution in [0.25, 0.3) is 0 Å². The summed E-state index contributed by atoms with van der Waals surface area (Å²) >= 11 is 5.92. The largest absolute Gasteiger partial charge is 0.366 e. The van der Waals surface area contributed by atoms with Gasteiger partial charge in [0.15, 0.2) is 0 Å². The van der Waals surface area contributed by atoms with Crippen LogP contribution in [-0.4, -0.2) is 22.6 Å². The molecular formula is C22H28ClN5. The van der Waals surface area contributed by atoms with Crippen molar-refractivity contribution >= 4 is 23.4 Å². The number of nitriles is 1. The number of hydrogen-bond donors (Lipinski definition) is 2. The molecule has 2 aromatic rings. The van der Waals surface area contributed by atoms with E-state index in [9.17, 15) is 5.26 Å². The summed E-state index contributed by atoms with van der Waals surface area (Å²) in [7, 11) is 0. The van der Waals surface area contributed by atoms with E-state index in [2.05, 4.69) is 47.4 Å². The van der Waals surface area contributed by atoms with Gasteiger partial charge in [0.25, 0.3) is 0 Å². The Hall–Kier alpha value is -2.32. The zero-order valence-corrected chi connectivity index (χ0v) is 17.6. The Labute approximate surface area is 172 Å². The van der Waals surface area contributed by atoms with Crippen LogP contribution in [0.2, 0.25) is 5.02 Å². The molecule has 0 radical (unpaired) electrons. The Morgan fingerprint density at radius 1 is 1.25 bits per heavy atom. The number of anilines is 2. The SMILES string of the molecule is C[C@H]1CC[C@@H](Nc2nc(NCCc3ccc(Cl)cc3)ncc2C#N)CC1(C)C. The fraction of sp³-hybridized carbons (Fsp3) is 0.500. The first-order valence-electron chi connectivity index (χ1n) is 9.89. The van der Waals surface area contributed by atoms with Gasteiger partial charge in [-0.15, -0.1) is 0 Å². The van der Waals surface area contributed by atoms with Gasteiger partial charge in [0, 0.05) is 17.6 Å². The lowest BCUT2D eigenvalue weighted by Crippen LogP contribution is -2.37. The summed E-state index contributed by atoms with van der Waals surface area (Å²) in [5.74, 6) is 1.87. The van der Waals surface area contributed by atoms with E-state index in [1.807, 2.05) is 24.3 Å². The van der Waals surface area contributed by atoms with Crippen molar-refractivity contribution in [1.29, 1.82) is 5.26 Å². The molecule has 0 spiro atoms. The molecule has 1 aliphatic carbocycles. The van der Waals surface area contributed by atoms with Crippen molar-refractivity contribution in [2.24, 2.45) is 11.3 Å². The van der Waals surface area contributed by atoms with Gasteiger partial charge in [-0.3, -0.25) is 0 Å². The highest BCUT2D eigenvalue weighted by Crippen LogP contribution is 2.41. The molecule has 1 aromatic heterocycles. The number of rotatable bonds is 6. The van der Waals surface area contributed by atoms with E-state index in [0.717, 1.165) is 24.3 Å². The lowest BCUT2D eigenvalue weighted by Gasteiger charge is -2.41. The van der Waals surface area contributed by atoms with E-state index < -0.39 is 0 Å². The molecule has 5 nitrogen and oxygen atoms in total. The van der Waals surface area contributed by atoms with Gasteiger partial charge in [0.1, 0.15) is 17.5 Å². The summed E-state index contributed by atoms with van der Waals surface area (Å²) in [5, 5.41) is 16.9. The zero-order chi connectivity index (χ0) is 20.1. The van der Waals surface area contributed by atoms with Crippen LogP contribution >= 0.6 is 11.6 Å². The maximum Gasteiger partial charge on any atom is 0.224 e. The molecule has 0 aliphatic heterocycles. The number of nitrogens with zero attached hydrogens (tertiary/aromatic N) is 3. The van der Waals surface area contributed by atoms with Crippen LogP contribution < -0.4 is 10.6 Å². The predicted octanol–water partition coefficient (Wildman–Crippen LogP) is 5.28. The highest BCUT2D eigenvalue weighted by molar-refractivity contribution is 6.30. The molecule has 0 unspecified atom stereocenters. The van der Waals surface area contributed by atoms with Crippen LogP contribution in [0.15, 0.2) is 30.5 Å². The van der Waals surface area contributed by atoms with Crippen molar-refractivity contribution < 1.29 is 0 Å². The van der Waals surface area contributed by atoms with Gasteiger partial charge in [-0.25, -0.2) is 4.98 Å². The quantitative estimate of drug-likeness (QED) is 0.693. The van der Waals surface area contributed by atoms with Crippen molar-refractivity contribution in [3.8, 4) is 6.07 Å². The van der Waals surface area contributed by atoms with Crippen LogP contribution in [0.5, 0.6) is 0 Å². The van der Waals surface area contributed by atoms with Crippen molar-refractivity contribution in [2.45, 2.75) is 52.5 Å². The minimum Gasteiger partial charge on any atom is -0.366 e. The number of aromatic nitrogens is 2. The van der Waals surface area contributed by atoms with Crippen LogP contribution in [0.4, 0.5) is 11.8 Å². The van der Waals surface area contributed by atoms with Crippen LogP contribution in [0.1, 0.15) is 51.2 Å². The van der Waals surface area contributed by atoms with Gasteiger partial charge in [-0.2, -0.15) is 10.2 Å². The number of hydrogen-bond acceptors (Lipinski definition) is 5. The Kier molecular flexibility index (Phi) is 6.41. The lowest BCUT2D eigenvalue weighted by atomic mass is 9.68. The summed E-state index contributed by atoms with van der Waals surface area (Å²) in [6.07, 6.45) is 5.79. The van der Waals surface area contributed by atoms with E-state index in [1.165, 1.54) is 12.0 Å². The fourth-order valence-electron chi connectivity index (χ4n) is 3.73. The normalized spacial score (nSPS) is 21.0. The third-order valence-corrected chi connectivity index (χ3v) is 6.17. The van der Waals surface area contributed by atoms with E-state index in [4.69, 9.17) is 11.6 Å². The molecule has 0 amide bonds. The zero-order valence-electron chi connectivity index (χ0n) is 16.8. The molecule has 1 aromatic carbocycles. The molecular weight excluding hydrogens is 370 g/mol. The first-order chi connectivity index (χ1) is 13.4. The molecule has 2 atom stereocenters. The summed E-state index contributed by atoms with van der Waals surface area (Å²) in [6.45, 7) is 7.67. The standard InChI is InChI=1S/C22H28ClN5/c1-15-4-9-19(12-22(15,2)3)27-20-17(13-24)14-26-21(28-20)25-11-10-16-5-7-18(23)8-6-16/h5-8,14-15,19H,4,9-12H2,1-3H3,(H2,25,26,27,28)/t15-,19+/m0/s1. The lowest BCUT2D eigenvalue weighted by molar-refractivity contribution is 0.143. The molecule has 3 rings (SSSR count). The second-order valence-electron chi connectivity index (χ2n) is 8.38. The second-order valence-corrected chi connectivity index (χ2v) is 8.82.